The van der Waals surface area contributed by atoms with Gasteiger partial charge in [0, 0.05) is 14.7 Å². The van der Waals surface area contributed by atoms with Gasteiger partial charge in [-0.25, -0.2) is 0 Å². The predicted molar refractivity (Wildman–Crippen MR) is 51.0 cm³/mol. The van der Waals surface area contributed by atoms with Gasteiger partial charge >= 0.3 is 6.18 Å². The highest BCUT2D eigenvalue weighted by atomic mass is 28.3. The molecular weight excluding hydrogens is 213 g/mol. The smallest absolute Gasteiger partial charge is 0.356 e. The van der Waals surface area contributed by atoms with Crippen LogP contribution in [0.1, 0.15) is 0 Å². The van der Waals surface area contributed by atoms with Gasteiger partial charge in [-0.2, -0.15) is 13.2 Å². The van der Waals surface area contributed by atoms with Crippen molar-refractivity contribution in [2.24, 2.45) is 0 Å². The third-order valence-electron chi connectivity index (χ3n) is 1.43. The average molecular weight is 230 g/mol. The quantitative estimate of drug-likeness (QED) is 0.397. The number of ether oxygens (including phenoxy) is 2. The Morgan fingerprint density at radius 1 is 1.07 bits per heavy atom. The molecule has 14 heavy (non-hydrogen) atoms. The summed E-state index contributed by atoms with van der Waals surface area (Å²) in [6, 6.07) is 0.933. The molecule has 0 aliphatic rings. The zero-order chi connectivity index (χ0) is 11.2. The largest absolute Gasteiger partial charge is 0.411 e. The SMILES string of the molecule is C[Si](C)(C)CCOCOCC(F)(F)F. The summed E-state index contributed by atoms with van der Waals surface area (Å²) in [6.07, 6.45) is -4.26. The zero-order valence-corrected chi connectivity index (χ0v) is 9.78. The molecule has 0 fully saturated rings. The summed E-state index contributed by atoms with van der Waals surface area (Å²) < 4.78 is 43.9. The summed E-state index contributed by atoms with van der Waals surface area (Å²) in [5.41, 5.74) is 0. The standard InChI is InChI=1S/C8H17F3O2Si/c1-14(2,3)5-4-12-7-13-6-8(9,10)11/h4-7H2,1-3H3. The fraction of sp³-hybridized carbons (Fsp3) is 1.00. The van der Waals surface area contributed by atoms with Crippen LogP contribution in [0.25, 0.3) is 0 Å². The number of hydrogen-bond acceptors (Lipinski definition) is 2. The van der Waals surface area contributed by atoms with Gasteiger partial charge in [0.05, 0.1) is 0 Å². The molecule has 0 spiro atoms. The Morgan fingerprint density at radius 2 is 1.64 bits per heavy atom. The van der Waals surface area contributed by atoms with Crippen molar-refractivity contribution in [1.82, 2.24) is 0 Å². The lowest BCUT2D eigenvalue weighted by molar-refractivity contribution is -0.196. The number of rotatable bonds is 6. The van der Waals surface area contributed by atoms with Crippen LogP contribution in [0.3, 0.4) is 0 Å². The lowest BCUT2D eigenvalue weighted by atomic mass is 10.7. The van der Waals surface area contributed by atoms with Gasteiger partial charge in [0.25, 0.3) is 0 Å². The predicted octanol–water partition coefficient (Wildman–Crippen LogP) is 2.88. The first kappa shape index (κ1) is 13.9. The lowest BCUT2D eigenvalue weighted by Gasteiger charge is -2.15. The van der Waals surface area contributed by atoms with Crippen molar-refractivity contribution < 1.29 is 22.6 Å². The molecule has 0 atom stereocenters. The fourth-order valence-corrected chi connectivity index (χ4v) is 1.41. The van der Waals surface area contributed by atoms with Gasteiger partial charge in [-0.05, 0) is 6.04 Å². The first-order valence-corrected chi connectivity index (χ1v) is 8.14. The summed E-state index contributed by atoms with van der Waals surface area (Å²) >= 11 is 0. The second-order valence-electron chi connectivity index (χ2n) is 4.30. The van der Waals surface area contributed by atoms with E-state index in [9.17, 15) is 13.2 Å². The number of halogens is 3. The van der Waals surface area contributed by atoms with Crippen LogP contribution in [-0.2, 0) is 9.47 Å². The molecule has 6 heteroatoms. The molecule has 0 aromatic rings. The molecule has 0 N–H and O–H groups in total. The normalized spacial score (nSPS) is 13.3. The van der Waals surface area contributed by atoms with Crippen LogP contribution in [0.15, 0.2) is 0 Å². The van der Waals surface area contributed by atoms with E-state index in [0.717, 1.165) is 6.04 Å². The van der Waals surface area contributed by atoms with E-state index in [1.165, 1.54) is 0 Å². The van der Waals surface area contributed by atoms with Gasteiger partial charge in [-0.3, -0.25) is 0 Å². The second kappa shape index (κ2) is 5.72. The topological polar surface area (TPSA) is 18.5 Å². The Morgan fingerprint density at radius 3 is 2.07 bits per heavy atom. The summed E-state index contributed by atoms with van der Waals surface area (Å²) in [5, 5.41) is 0. The molecule has 0 saturated heterocycles. The van der Waals surface area contributed by atoms with E-state index in [0.29, 0.717) is 6.61 Å². The van der Waals surface area contributed by atoms with E-state index < -0.39 is 20.9 Å². The molecule has 0 amide bonds. The van der Waals surface area contributed by atoms with Gasteiger partial charge in [0.15, 0.2) is 0 Å². The number of alkyl halides is 3. The molecule has 0 aromatic heterocycles. The van der Waals surface area contributed by atoms with E-state index in [1.807, 2.05) is 0 Å². The highest BCUT2D eigenvalue weighted by molar-refractivity contribution is 6.76. The van der Waals surface area contributed by atoms with Gasteiger partial charge in [-0.15, -0.1) is 0 Å². The van der Waals surface area contributed by atoms with Crippen LogP contribution in [-0.4, -0.2) is 34.3 Å². The Kier molecular flexibility index (Phi) is 5.69. The van der Waals surface area contributed by atoms with Crippen molar-refractivity contribution in [2.45, 2.75) is 31.9 Å². The Labute approximate surface area is 83.4 Å². The minimum atomic E-state index is -4.26. The summed E-state index contributed by atoms with van der Waals surface area (Å²) in [7, 11) is -1.16. The van der Waals surface area contributed by atoms with Gasteiger partial charge < -0.3 is 9.47 Å². The van der Waals surface area contributed by atoms with E-state index in [4.69, 9.17) is 4.74 Å². The molecule has 0 radical (unpaired) electrons. The van der Waals surface area contributed by atoms with Crippen LogP contribution in [0.2, 0.25) is 25.7 Å². The van der Waals surface area contributed by atoms with Crippen LogP contribution >= 0.6 is 0 Å². The zero-order valence-electron chi connectivity index (χ0n) is 8.78. The van der Waals surface area contributed by atoms with Crippen molar-refractivity contribution in [3.63, 3.8) is 0 Å². The van der Waals surface area contributed by atoms with Crippen LogP contribution in [0.4, 0.5) is 13.2 Å². The minimum absolute atomic E-state index is 0.274. The van der Waals surface area contributed by atoms with Crippen LogP contribution in [0, 0.1) is 0 Å². The monoisotopic (exact) mass is 230 g/mol. The third kappa shape index (κ3) is 11.9. The average Bonchev–Trinajstić information content (AvgIpc) is 1.92. The molecule has 0 rings (SSSR count). The summed E-state index contributed by atoms with van der Waals surface area (Å²) in [5.74, 6) is 0. The molecule has 0 unspecified atom stereocenters. The second-order valence-corrected chi connectivity index (χ2v) is 9.92. The van der Waals surface area contributed by atoms with E-state index in [2.05, 4.69) is 24.4 Å². The lowest BCUT2D eigenvalue weighted by Crippen LogP contribution is -2.23. The molecule has 0 saturated carbocycles. The minimum Gasteiger partial charge on any atom is -0.356 e. The highest BCUT2D eigenvalue weighted by Crippen LogP contribution is 2.14. The maximum Gasteiger partial charge on any atom is 0.411 e. The molecule has 0 bridgehead atoms. The molecule has 86 valence electrons. The van der Waals surface area contributed by atoms with Gasteiger partial charge in [0.1, 0.15) is 13.4 Å². The highest BCUT2D eigenvalue weighted by Gasteiger charge is 2.27. The molecule has 0 aliphatic heterocycles. The fourth-order valence-electron chi connectivity index (χ4n) is 0.654. The van der Waals surface area contributed by atoms with E-state index in [-0.39, 0.29) is 6.79 Å². The van der Waals surface area contributed by atoms with E-state index >= 15 is 0 Å². The van der Waals surface area contributed by atoms with Gasteiger partial charge in [0.2, 0.25) is 0 Å². The molecule has 0 aromatic carbocycles. The number of hydrogen-bond donors (Lipinski definition) is 0. The molecule has 0 heterocycles. The summed E-state index contributed by atoms with van der Waals surface area (Å²) in [4.78, 5) is 0. The van der Waals surface area contributed by atoms with Crippen molar-refractivity contribution in [3.8, 4) is 0 Å². The molecule has 0 aliphatic carbocycles. The first-order chi connectivity index (χ1) is 6.21. The van der Waals surface area contributed by atoms with Crippen molar-refractivity contribution in [3.05, 3.63) is 0 Å². The van der Waals surface area contributed by atoms with Crippen LogP contribution in [0.5, 0.6) is 0 Å². The van der Waals surface area contributed by atoms with Crippen LogP contribution < -0.4 is 0 Å². The van der Waals surface area contributed by atoms with E-state index in [1.54, 1.807) is 0 Å². The van der Waals surface area contributed by atoms with Crippen molar-refractivity contribution in [1.29, 1.82) is 0 Å². The van der Waals surface area contributed by atoms with Crippen molar-refractivity contribution >= 4 is 8.07 Å². The summed E-state index contributed by atoms with van der Waals surface area (Å²) in [6.45, 7) is 5.49. The van der Waals surface area contributed by atoms with Gasteiger partial charge in [-0.1, -0.05) is 19.6 Å². The Bertz CT molecular complexity index is 136. The molecule has 2 nitrogen and oxygen atoms in total. The maximum atomic E-state index is 11.6. The Balaban J connectivity index is 3.23. The molecular formula is C8H17F3O2Si. The van der Waals surface area contributed by atoms with Crippen molar-refractivity contribution in [2.75, 3.05) is 20.0 Å². The Hall–Kier alpha value is -0.0731. The maximum absolute atomic E-state index is 11.6. The third-order valence-corrected chi connectivity index (χ3v) is 3.13. The first-order valence-electron chi connectivity index (χ1n) is 4.43.